The van der Waals surface area contributed by atoms with E-state index in [-0.39, 0.29) is 6.79 Å². The Morgan fingerprint density at radius 2 is 2.04 bits per heavy atom. The Bertz CT molecular complexity index is 842. The third-order valence-electron chi connectivity index (χ3n) is 4.02. The molecule has 0 spiro atoms. The van der Waals surface area contributed by atoms with Crippen molar-refractivity contribution in [3.63, 3.8) is 0 Å². The molecule has 0 fully saturated rings. The fraction of sp³-hybridized carbons (Fsp3) is 0.300. The molecule has 0 aromatic heterocycles. The molecule has 1 N–H and O–H groups in total. The highest BCUT2D eigenvalue weighted by atomic mass is 16.7. The lowest BCUT2D eigenvalue weighted by molar-refractivity contribution is 0.174. The van der Waals surface area contributed by atoms with Crippen LogP contribution in [0.2, 0.25) is 0 Å². The van der Waals surface area contributed by atoms with Crippen molar-refractivity contribution in [2.45, 2.75) is 20.0 Å². The first-order valence-electron chi connectivity index (χ1n) is 8.56. The molecule has 2 aromatic rings. The fourth-order valence-electron chi connectivity index (χ4n) is 2.76. The van der Waals surface area contributed by atoms with Gasteiger partial charge in [0.1, 0.15) is 0 Å². The lowest BCUT2D eigenvalue weighted by Gasteiger charge is -2.22. The molecule has 0 amide bonds. The average Bonchev–Trinajstić information content (AvgIpc) is 3.13. The number of hydrogen-bond donors (Lipinski definition) is 1. The average molecular weight is 350 g/mol. The number of ether oxygens (including phenoxy) is 2. The van der Waals surface area contributed by atoms with Crippen molar-refractivity contribution >= 4 is 5.96 Å². The molecule has 3 rings (SSSR count). The van der Waals surface area contributed by atoms with Crippen LogP contribution in [-0.4, -0.2) is 31.2 Å². The van der Waals surface area contributed by atoms with Gasteiger partial charge in [-0.15, -0.1) is 0 Å². The standard InChI is InChI=1S/C20H22N4O2/c1-3-22-20(23-12-16-6-4-5-15(9-16)11-21)24(2)13-17-7-8-18-19(10-17)26-14-25-18/h4-10H,3,12-14H2,1-2H3,(H,22,23). The maximum Gasteiger partial charge on any atom is 0.231 e. The summed E-state index contributed by atoms with van der Waals surface area (Å²) in [5.41, 5.74) is 2.78. The number of guanidine groups is 1. The topological polar surface area (TPSA) is 69.9 Å². The lowest BCUT2D eigenvalue weighted by Crippen LogP contribution is -2.38. The van der Waals surface area contributed by atoms with Gasteiger partial charge in [0.15, 0.2) is 17.5 Å². The van der Waals surface area contributed by atoms with Crippen molar-refractivity contribution in [1.29, 1.82) is 5.26 Å². The summed E-state index contributed by atoms with van der Waals surface area (Å²) in [5, 5.41) is 12.3. The number of nitriles is 1. The minimum atomic E-state index is 0.278. The largest absolute Gasteiger partial charge is 0.454 e. The zero-order valence-corrected chi connectivity index (χ0v) is 15.0. The van der Waals surface area contributed by atoms with Crippen LogP contribution in [0.3, 0.4) is 0 Å². The highest BCUT2D eigenvalue weighted by Crippen LogP contribution is 2.32. The van der Waals surface area contributed by atoms with Gasteiger partial charge in [0.05, 0.1) is 18.2 Å². The SMILES string of the molecule is CCNC(=NCc1cccc(C#N)c1)N(C)Cc1ccc2c(c1)OCO2. The summed E-state index contributed by atoms with van der Waals surface area (Å²) in [6.07, 6.45) is 0. The first-order chi connectivity index (χ1) is 12.7. The van der Waals surface area contributed by atoms with Gasteiger partial charge in [-0.3, -0.25) is 0 Å². The van der Waals surface area contributed by atoms with Gasteiger partial charge in [-0.25, -0.2) is 4.99 Å². The first-order valence-corrected chi connectivity index (χ1v) is 8.56. The van der Waals surface area contributed by atoms with Crippen molar-refractivity contribution in [3.05, 3.63) is 59.2 Å². The van der Waals surface area contributed by atoms with Crippen molar-refractivity contribution in [1.82, 2.24) is 10.2 Å². The monoisotopic (exact) mass is 350 g/mol. The van der Waals surface area contributed by atoms with Gasteiger partial charge in [0.2, 0.25) is 6.79 Å². The normalized spacial score (nSPS) is 12.6. The van der Waals surface area contributed by atoms with Crippen LogP contribution in [0.5, 0.6) is 11.5 Å². The fourth-order valence-corrected chi connectivity index (χ4v) is 2.76. The summed E-state index contributed by atoms with van der Waals surface area (Å²) in [7, 11) is 2.00. The van der Waals surface area contributed by atoms with Crippen molar-refractivity contribution < 1.29 is 9.47 Å². The smallest absolute Gasteiger partial charge is 0.231 e. The molecular weight excluding hydrogens is 328 g/mol. The van der Waals surface area contributed by atoms with E-state index in [0.29, 0.717) is 18.7 Å². The van der Waals surface area contributed by atoms with Crippen LogP contribution in [0.25, 0.3) is 0 Å². The van der Waals surface area contributed by atoms with Crippen LogP contribution in [0, 0.1) is 11.3 Å². The van der Waals surface area contributed by atoms with E-state index in [1.807, 2.05) is 50.4 Å². The molecule has 0 unspecified atom stereocenters. The van der Waals surface area contributed by atoms with Crippen molar-refractivity contribution in [2.24, 2.45) is 4.99 Å². The van der Waals surface area contributed by atoms with Crippen LogP contribution in [0.1, 0.15) is 23.6 Å². The second-order valence-corrected chi connectivity index (χ2v) is 6.03. The summed E-state index contributed by atoms with van der Waals surface area (Å²) < 4.78 is 10.8. The molecule has 0 saturated carbocycles. The molecule has 2 aromatic carbocycles. The Balaban J connectivity index is 1.70. The van der Waals surface area contributed by atoms with E-state index in [1.165, 1.54) is 0 Å². The van der Waals surface area contributed by atoms with E-state index in [2.05, 4.69) is 16.3 Å². The number of fused-ring (bicyclic) bond motifs is 1. The molecule has 1 aliphatic rings. The third kappa shape index (κ3) is 4.25. The summed E-state index contributed by atoms with van der Waals surface area (Å²) in [6, 6.07) is 15.6. The number of benzene rings is 2. The quantitative estimate of drug-likeness (QED) is 0.663. The zero-order valence-electron chi connectivity index (χ0n) is 15.0. The van der Waals surface area contributed by atoms with E-state index in [0.717, 1.165) is 35.1 Å². The van der Waals surface area contributed by atoms with Crippen LogP contribution in [0.15, 0.2) is 47.5 Å². The van der Waals surface area contributed by atoms with Gasteiger partial charge in [-0.1, -0.05) is 18.2 Å². The Hall–Kier alpha value is -3.20. The Morgan fingerprint density at radius 1 is 1.19 bits per heavy atom. The molecule has 1 aliphatic heterocycles. The number of hydrogen-bond acceptors (Lipinski definition) is 4. The molecule has 1 heterocycles. The third-order valence-corrected chi connectivity index (χ3v) is 4.02. The Kier molecular flexibility index (Phi) is 5.59. The second kappa shape index (κ2) is 8.26. The molecular formula is C20H22N4O2. The van der Waals surface area contributed by atoms with Crippen LogP contribution in [-0.2, 0) is 13.1 Å². The van der Waals surface area contributed by atoms with Crippen LogP contribution in [0.4, 0.5) is 0 Å². The molecule has 0 aliphatic carbocycles. The van der Waals surface area contributed by atoms with Crippen LogP contribution < -0.4 is 14.8 Å². The maximum atomic E-state index is 9.02. The minimum absolute atomic E-state index is 0.278. The Labute approximate surface area is 153 Å². The molecule has 0 radical (unpaired) electrons. The van der Waals surface area contributed by atoms with Gasteiger partial charge in [-0.05, 0) is 42.3 Å². The molecule has 6 heteroatoms. The molecule has 0 atom stereocenters. The minimum Gasteiger partial charge on any atom is -0.454 e. The van der Waals surface area contributed by atoms with Gasteiger partial charge in [-0.2, -0.15) is 5.26 Å². The second-order valence-electron chi connectivity index (χ2n) is 6.03. The Morgan fingerprint density at radius 3 is 2.85 bits per heavy atom. The zero-order chi connectivity index (χ0) is 18.4. The number of nitrogens with zero attached hydrogens (tertiary/aromatic N) is 3. The van der Waals surface area contributed by atoms with E-state index in [1.54, 1.807) is 6.07 Å². The van der Waals surface area contributed by atoms with Crippen molar-refractivity contribution in [2.75, 3.05) is 20.4 Å². The summed E-state index contributed by atoms with van der Waals surface area (Å²) in [4.78, 5) is 6.76. The highest BCUT2D eigenvalue weighted by Gasteiger charge is 2.14. The molecule has 0 saturated heterocycles. The predicted octanol–water partition coefficient (Wildman–Crippen LogP) is 2.88. The molecule has 0 bridgehead atoms. The van der Waals surface area contributed by atoms with E-state index < -0.39 is 0 Å². The van der Waals surface area contributed by atoms with Gasteiger partial charge in [0.25, 0.3) is 0 Å². The summed E-state index contributed by atoms with van der Waals surface area (Å²) >= 11 is 0. The number of nitrogens with one attached hydrogen (secondary N) is 1. The van der Waals surface area contributed by atoms with Crippen molar-refractivity contribution in [3.8, 4) is 17.6 Å². The van der Waals surface area contributed by atoms with E-state index in [9.17, 15) is 0 Å². The predicted molar refractivity (Wildman–Crippen MR) is 100 cm³/mol. The molecule has 6 nitrogen and oxygen atoms in total. The summed E-state index contributed by atoms with van der Waals surface area (Å²) in [5.74, 6) is 2.38. The van der Waals surface area contributed by atoms with Gasteiger partial charge < -0.3 is 19.7 Å². The van der Waals surface area contributed by atoms with E-state index >= 15 is 0 Å². The maximum absolute atomic E-state index is 9.02. The van der Waals surface area contributed by atoms with E-state index in [4.69, 9.17) is 19.7 Å². The molecule has 26 heavy (non-hydrogen) atoms. The summed E-state index contributed by atoms with van der Waals surface area (Å²) in [6.45, 7) is 4.31. The van der Waals surface area contributed by atoms with Crippen LogP contribution >= 0.6 is 0 Å². The molecule has 134 valence electrons. The number of aliphatic imine (C=N–C) groups is 1. The lowest BCUT2D eigenvalue weighted by atomic mass is 10.1. The highest BCUT2D eigenvalue weighted by molar-refractivity contribution is 5.79. The van der Waals surface area contributed by atoms with Gasteiger partial charge >= 0.3 is 0 Å². The van der Waals surface area contributed by atoms with Gasteiger partial charge in [0, 0.05) is 20.1 Å². The first kappa shape index (κ1) is 17.6. The number of rotatable bonds is 5.